The molecule has 1 heterocycles. The van der Waals surface area contributed by atoms with Crippen LogP contribution < -0.4 is 5.32 Å². The zero-order valence-electron chi connectivity index (χ0n) is 11.2. The van der Waals surface area contributed by atoms with Gasteiger partial charge in [-0.2, -0.15) is 4.40 Å². The van der Waals surface area contributed by atoms with Gasteiger partial charge in [0.05, 0.1) is 16.7 Å². The van der Waals surface area contributed by atoms with E-state index in [9.17, 15) is 9.00 Å². The summed E-state index contributed by atoms with van der Waals surface area (Å²) in [7, 11) is -1.34. The molecular weight excluding hydrogens is 330 g/mol. The highest BCUT2D eigenvalue weighted by atomic mass is 79.9. The van der Waals surface area contributed by atoms with Gasteiger partial charge in [0.15, 0.2) is 0 Å². The van der Waals surface area contributed by atoms with Crippen molar-refractivity contribution in [3.8, 4) is 0 Å². The lowest BCUT2D eigenvalue weighted by molar-refractivity contribution is -0.114. The van der Waals surface area contributed by atoms with Crippen molar-refractivity contribution in [3.05, 3.63) is 22.3 Å². The van der Waals surface area contributed by atoms with E-state index >= 15 is 0 Å². The summed E-state index contributed by atoms with van der Waals surface area (Å²) in [5, 5.41) is 2.58. The minimum Gasteiger partial charge on any atom is -0.311 e. The number of carbonyl (C=O) groups excluding carboxylic acids is 1. The zero-order valence-corrected chi connectivity index (χ0v) is 13.6. The maximum atomic E-state index is 11.8. The van der Waals surface area contributed by atoms with Gasteiger partial charge in [-0.1, -0.05) is 0 Å². The molecule has 0 unspecified atom stereocenters. The Morgan fingerprint density at radius 1 is 1.47 bits per heavy atom. The first-order valence-corrected chi connectivity index (χ1v) is 7.50. The van der Waals surface area contributed by atoms with Gasteiger partial charge < -0.3 is 5.32 Å². The van der Waals surface area contributed by atoms with Gasteiger partial charge in [0.1, 0.15) is 16.8 Å². The number of carbonyl (C=O) groups is 1. The van der Waals surface area contributed by atoms with E-state index in [1.165, 1.54) is 13.1 Å². The number of pyridine rings is 1. The van der Waals surface area contributed by atoms with Crippen molar-refractivity contribution in [1.29, 1.82) is 0 Å². The fourth-order valence-corrected chi connectivity index (χ4v) is 1.89. The second-order valence-corrected chi connectivity index (χ2v) is 7.63. The molecule has 0 fully saturated rings. The van der Waals surface area contributed by atoms with Gasteiger partial charge in [-0.3, -0.25) is 4.79 Å². The first-order chi connectivity index (χ1) is 8.70. The normalized spacial score (nSPS) is 13.5. The fourth-order valence-electron chi connectivity index (χ4n) is 1.05. The molecule has 1 amide bonds. The van der Waals surface area contributed by atoms with Gasteiger partial charge in [-0.05, 0) is 48.8 Å². The molecule has 0 saturated heterocycles. The number of amides is 1. The van der Waals surface area contributed by atoms with Crippen LogP contribution in [0.25, 0.3) is 0 Å². The van der Waals surface area contributed by atoms with E-state index < -0.39 is 15.7 Å². The highest BCUT2D eigenvalue weighted by molar-refractivity contribution is 9.10. The number of hydrogen-bond acceptors (Lipinski definition) is 3. The Balaban J connectivity index is 2.97. The molecule has 0 saturated carbocycles. The van der Waals surface area contributed by atoms with Gasteiger partial charge in [0.2, 0.25) is 5.91 Å². The molecule has 0 radical (unpaired) electrons. The van der Waals surface area contributed by atoms with Crippen LogP contribution in [0.1, 0.15) is 33.4 Å². The quantitative estimate of drug-likeness (QED) is 0.856. The molecule has 0 spiro atoms. The number of aromatic nitrogens is 1. The number of nitrogens with one attached hydrogen (secondary N) is 1. The first kappa shape index (κ1) is 16.0. The van der Waals surface area contributed by atoms with Crippen LogP contribution in [-0.2, 0) is 15.8 Å². The van der Waals surface area contributed by atoms with Crippen molar-refractivity contribution in [3.63, 3.8) is 0 Å². The minimum absolute atomic E-state index is 0.198. The molecule has 104 valence electrons. The molecule has 1 atom stereocenters. The van der Waals surface area contributed by atoms with E-state index in [1.54, 1.807) is 12.1 Å². The van der Waals surface area contributed by atoms with Gasteiger partial charge >= 0.3 is 0 Å². The highest BCUT2D eigenvalue weighted by Crippen LogP contribution is 2.17. The number of nitrogens with zero attached hydrogens (tertiary/aromatic N) is 2. The molecule has 5 nitrogen and oxygen atoms in total. The molecule has 0 aliphatic carbocycles. The summed E-state index contributed by atoms with van der Waals surface area (Å²) >= 11 is 3.33. The van der Waals surface area contributed by atoms with Gasteiger partial charge in [0, 0.05) is 11.4 Å². The maximum Gasteiger partial charge on any atom is 0.222 e. The first-order valence-electron chi connectivity index (χ1n) is 5.60. The van der Waals surface area contributed by atoms with E-state index in [4.69, 9.17) is 0 Å². The Kier molecular flexibility index (Phi) is 5.37. The summed E-state index contributed by atoms with van der Waals surface area (Å²) in [5.74, 6) is 0.231. The monoisotopic (exact) mass is 345 g/mol. The Bertz CT molecular complexity index is 538. The SMILES string of the molecule is CC(=O)Nc1ccc(Br)c(C=N[S@@](=O)C(C)(C)C)n1. The topological polar surface area (TPSA) is 71.4 Å². The molecular formula is C12H16BrN3O2S. The minimum atomic E-state index is -1.34. The maximum absolute atomic E-state index is 11.8. The number of anilines is 1. The van der Waals surface area contributed by atoms with Gasteiger partial charge in [-0.15, -0.1) is 0 Å². The summed E-state index contributed by atoms with van der Waals surface area (Å²) in [6.45, 7) is 6.94. The second-order valence-electron chi connectivity index (χ2n) is 4.84. The summed E-state index contributed by atoms with van der Waals surface area (Å²) < 4.78 is 16.1. The molecule has 1 aromatic heterocycles. The predicted octanol–water partition coefficient (Wildman–Crippen LogP) is 2.68. The van der Waals surface area contributed by atoms with Gasteiger partial charge in [0.25, 0.3) is 0 Å². The zero-order chi connectivity index (χ0) is 14.6. The standard InChI is InChI=1S/C12H16BrN3O2S/c1-8(17)15-11-6-5-9(13)10(16-11)7-14-19(18)12(2,3)4/h5-7H,1-4H3,(H,15,16,17)/t19-/m0/s1. The van der Waals surface area contributed by atoms with E-state index in [1.807, 2.05) is 20.8 Å². The number of rotatable bonds is 3. The van der Waals surface area contributed by atoms with E-state index in [-0.39, 0.29) is 5.91 Å². The fraction of sp³-hybridized carbons (Fsp3) is 0.417. The summed E-state index contributed by atoms with van der Waals surface area (Å²) in [6, 6.07) is 3.42. The van der Waals surface area contributed by atoms with Crippen molar-refractivity contribution in [2.75, 3.05) is 5.32 Å². The second kappa shape index (κ2) is 6.38. The van der Waals surface area contributed by atoms with Crippen molar-refractivity contribution in [2.45, 2.75) is 32.4 Å². The summed E-state index contributed by atoms with van der Waals surface area (Å²) in [4.78, 5) is 15.2. The third kappa shape index (κ3) is 5.20. The van der Waals surface area contributed by atoms with Crippen LogP contribution in [0.15, 0.2) is 21.0 Å². The molecule has 0 aliphatic rings. The lowest BCUT2D eigenvalue weighted by Crippen LogP contribution is -2.19. The molecule has 1 aromatic rings. The third-order valence-electron chi connectivity index (χ3n) is 1.97. The summed E-state index contributed by atoms with van der Waals surface area (Å²) in [5.41, 5.74) is 0.517. The Morgan fingerprint density at radius 3 is 2.63 bits per heavy atom. The molecule has 19 heavy (non-hydrogen) atoms. The Labute approximate surface area is 123 Å². The molecule has 0 bridgehead atoms. The summed E-state index contributed by atoms with van der Waals surface area (Å²) in [6.07, 6.45) is 1.44. The van der Waals surface area contributed by atoms with Crippen LogP contribution in [-0.4, -0.2) is 26.1 Å². The third-order valence-corrected chi connectivity index (χ3v) is 3.99. The largest absolute Gasteiger partial charge is 0.311 e. The van der Waals surface area contributed by atoms with Crippen molar-refractivity contribution >= 4 is 44.9 Å². The lowest BCUT2D eigenvalue weighted by Gasteiger charge is -2.12. The molecule has 7 heteroatoms. The van der Waals surface area contributed by atoms with Crippen LogP contribution in [0.2, 0.25) is 0 Å². The van der Waals surface area contributed by atoms with E-state index in [0.29, 0.717) is 11.5 Å². The smallest absolute Gasteiger partial charge is 0.222 e. The van der Waals surface area contributed by atoms with Crippen molar-refractivity contribution in [1.82, 2.24) is 4.98 Å². The molecule has 0 aliphatic heterocycles. The molecule has 1 rings (SSSR count). The Morgan fingerprint density at radius 2 is 2.11 bits per heavy atom. The number of hydrogen-bond donors (Lipinski definition) is 1. The van der Waals surface area contributed by atoms with Crippen LogP contribution in [0, 0.1) is 0 Å². The Hall–Kier alpha value is -1.08. The molecule has 0 aromatic carbocycles. The predicted molar refractivity (Wildman–Crippen MR) is 81.7 cm³/mol. The van der Waals surface area contributed by atoms with Crippen LogP contribution in [0.4, 0.5) is 5.82 Å². The van der Waals surface area contributed by atoms with Gasteiger partial charge in [-0.25, -0.2) is 9.19 Å². The number of halogens is 1. The molecule has 1 N–H and O–H groups in total. The van der Waals surface area contributed by atoms with Crippen LogP contribution in [0.3, 0.4) is 0 Å². The highest BCUT2D eigenvalue weighted by Gasteiger charge is 2.18. The van der Waals surface area contributed by atoms with E-state index in [2.05, 4.69) is 30.6 Å². The lowest BCUT2D eigenvalue weighted by atomic mass is 10.3. The average Bonchev–Trinajstić information content (AvgIpc) is 2.27. The van der Waals surface area contributed by atoms with Crippen LogP contribution in [0.5, 0.6) is 0 Å². The van der Waals surface area contributed by atoms with Crippen LogP contribution >= 0.6 is 15.9 Å². The average molecular weight is 346 g/mol. The van der Waals surface area contributed by atoms with Crippen molar-refractivity contribution < 1.29 is 9.00 Å². The van der Waals surface area contributed by atoms with Crippen molar-refractivity contribution in [2.24, 2.45) is 4.40 Å². The van der Waals surface area contributed by atoms with E-state index in [0.717, 1.165) is 4.47 Å².